The zero-order valence-electron chi connectivity index (χ0n) is 9.19. The van der Waals surface area contributed by atoms with E-state index < -0.39 is 0 Å². The van der Waals surface area contributed by atoms with E-state index in [2.05, 4.69) is 21.6 Å². The molecule has 0 aliphatic rings. The number of nitrogens with two attached hydrogens (primary N) is 1. The summed E-state index contributed by atoms with van der Waals surface area (Å²) < 4.78 is 8.98. The van der Waals surface area contributed by atoms with Crippen molar-refractivity contribution in [2.24, 2.45) is 0 Å². The van der Waals surface area contributed by atoms with Crippen molar-refractivity contribution in [3.05, 3.63) is 6.07 Å². The first-order chi connectivity index (χ1) is 7.22. The zero-order chi connectivity index (χ0) is 11.1. The standard InChI is InChI=1S/C9H18N4OS/c1-13(5-6-14-2)4-3-11-9-7-8(10)12-15-9/h7,11H,3-6H2,1-2H3,(H2,10,12). The van der Waals surface area contributed by atoms with E-state index in [0.29, 0.717) is 5.82 Å². The molecule has 1 aromatic heterocycles. The molecule has 15 heavy (non-hydrogen) atoms. The average molecular weight is 230 g/mol. The fourth-order valence-corrected chi connectivity index (χ4v) is 1.70. The van der Waals surface area contributed by atoms with Crippen molar-refractivity contribution in [1.82, 2.24) is 9.27 Å². The second kappa shape index (κ2) is 6.60. The smallest absolute Gasteiger partial charge is 0.139 e. The SMILES string of the molecule is COCCN(C)CCNc1cc(N)ns1. The van der Waals surface area contributed by atoms with Gasteiger partial charge >= 0.3 is 0 Å². The van der Waals surface area contributed by atoms with Gasteiger partial charge in [-0.2, -0.15) is 4.37 Å². The van der Waals surface area contributed by atoms with Gasteiger partial charge in [0, 0.05) is 32.8 Å². The lowest BCUT2D eigenvalue weighted by atomic mass is 10.5. The molecule has 1 aromatic rings. The Balaban J connectivity index is 2.10. The summed E-state index contributed by atoms with van der Waals surface area (Å²) in [6.45, 7) is 3.58. The van der Waals surface area contributed by atoms with Crippen LogP contribution in [0.4, 0.5) is 10.8 Å². The van der Waals surface area contributed by atoms with Gasteiger partial charge in [-0.25, -0.2) is 0 Å². The second-order valence-corrected chi connectivity index (χ2v) is 4.14. The molecule has 0 radical (unpaired) electrons. The van der Waals surface area contributed by atoms with Crippen molar-refractivity contribution >= 4 is 22.4 Å². The highest BCUT2D eigenvalue weighted by molar-refractivity contribution is 7.10. The summed E-state index contributed by atoms with van der Waals surface area (Å²) in [4.78, 5) is 2.21. The van der Waals surface area contributed by atoms with Crippen molar-refractivity contribution in [3.63, 3.8) is 0 Å². The van der Waals surface area contributed by atoms with Crippen LogP contribution in [0.5, 0.6) is 0 Å². The molecule has 6 heteroatoms. The Bertz CT molecular complexity index is 279. The van der Waals surface area contributed by atoms with Gasteiger partial charge in [0.1, 0.15) is 10.8 Å². The maximum atomic E-state index is 5.51. The number of hydrogen-bond donors (Lipinski definition) is 2. The Morgan fingerprint density at radius 2 is 2.40 bits per heavy atom. The highest BCUT2D eigenvalue weighted by Crippen LogP contribution is 2.16. The van der Waals surface area contributed by atoms with Crippen LogP contribution in [0, 0.1) is 0 Å². The van der Waals surface area contributed by atoms with Crippen LogP contribution in [0.2, 0.25) is 0 Å². The fraction of sp³-hybridized carbons (Fsp3) is 0.667. The average Bonchev–Trinajstić information content (AvgIpc) is 2.61. The molecule has 0 amide bonds. The monoisotopic (exact) mass is 230 g/mol. The summed E-state index contributed by atoms with van der Waals surface area (Å²) in [6.07, 6.45) is 0. The molecule has 0 atom stereocenters. The molecule has 5 nitrogen and oxygen atoms in total. The number of hydrogen-bond acceptors (Lipinski definition) is 6. The predicted molar refractivity (Wildman–Crippen MR) is 64.4 cm³/mol. The van der Waals surface area contributed by atoms with Gasteiger partial charge in [-0.15, -0.1) is 0 Å². The minimum absolute atomic E-state index is 0.579. The van der Waals surface area contributed by atoms with Crippen molar-refractivity contribution in [3.8, 4) is 0 Å². The molecule has 1 rings (SSSR count). The molecule has 0 unspecified atom stereocenters. The highest BCUT2D eigenvalue weighted by Gasteiger charge is 1.99. The minimum atomic E-state index is 0.579. The molecule has 0 spiro atoms. The number of likely N-dealkylation sites (N-methyl/N-ethyl adjacent to an activating group) is 1. The van der Waals surface area contributed by atoms with Gasteiger partial charge in [0.25, 0.3) is 0 Å². The third-order valence-electron chi connectivity index (χ3n) is 2.00. The van der Waals surface area contributed by atoms with Crippen molar-refractivity contribution in [1.29, 1.82) is 0 Å². The minimum Gasteiger partial charge on any atom is -0.383 e. The van der Waals surface area contributed by atoms with Crippen LogP contribution >= 0.6 is 11.5 Å². The van der Waals surface area contributed by atoms with E-state index in [1.54, 1.807) is 7.11 Å². The Hall–Kier alpha value is -0.850. The van der Waals surface area contributed by atoms with Crippen LogP contribution in [0.15, 0.2) is 6.07 Å². The molecule has 0 saturated carbocycles. The van der Waals surface area contributed by atoms with Crippen LogP contribution in [-0.4, -0.2) is 49.7 Å². The third kappa shape index (κ3) is 4.96. The topological polar surface area (TPSA) is 63.4 Å². The van der Waals surface area contributed by atoms with Crippen LogP contribution < -0.4 is 11.1 Å². The normalized spacial score (nSPS) is 10.9. The number of nitrogens with one attached hydrogen (secondary N) is 1. The zero-order valence-corrected chi connectivity index (χ0v) is 10.0. The molecule has 0 bridgehead atoms. The van der Waals surface area contributed by atoms with E-state index in [9.17, 15) is 0 Å². The molecule has 0 aliphatic carbocycles. The van der Waals surface area contributed by atoms with Crippen LogP contribution in [0.3, 0.4) is 0 Å². The van der Waals surface area contributed by atoms with Gasteiger partial charge in [-0.3, -0.25) is 0 Å². The lowest BCUT2D eigenvalue weighted by Gasteiger charge is -2.15. The van der Waals surface area contributed by atoms with Crippen LogP contribution in [0.25, 0.3) is 0 Å². The lowest BCUT2D eigenvalue weighted by Crippen LogP contribution is -2.28. The first kappa shape index (κ1) is 12.2. The summed E-state index contributed by atoms with van der Waals surface area (Å²) in [5, 5.41) is 4.29. The van der Waals surface area contributed by atoms with E-state index in [4.69, 9.17) is 10.5 Å². The molecular weight excluding hydrogens is 212 g/mol. The highest BCUT2D eigenvalue weighted by atomic mass is 32.1. The van der Waals surface area contributed by atoms with Crippen molar-refractivity contribution < 1.29 is 4.74 Å². The van der Waals surface area contributed by atoms with Crippen LogP contribution in [0.1, 0.15) is 0 Å². The van der Waals surface area contributed by atoms with Crippen molar-refractivity contribution in [2.45, 2.75) is 0 Å². The van der Waals surface area contributed by atoms with Gasteiger partial charge < -0.3 is 20.7 Å². The molecule has 0 saturated heterocycles. The largest absolute Gasteiger partial charge is 0.383 e. The van der Waals surface area contributed by atoms with E-state index in [0.717, 1.165) is 31.2 Å². The van der Waals surface area contributed by atoms with Gasteiger partial charge in [0.05, 0.1) is 6.61 Å². The summed E-state index contributed by atoms with van der Waals surface area (Å²) in [6, 6.07) is 1.85. The second-order valence-electron chi connectivity index (χ2n) is 3.34. The molecule has 86 valence electrons. The summed E-state index contributed by atoms with van der Waals surface area (Å²) in [7, 11) is 3.79. The maximum Gasteiger partial charge on any atom is 0.139 e. The Kier molecular flexibility index (Phi) is 5.38. The summed E-state index contributed by atoms with van der Waals surface area (Å²) >= 11 is 1.39. The Morgan fingerprint density at radius 1 is 1.60 bits per heavy atom. The number of ether oxygens (including phenoxy) is 1. The van der Waals surface area contributed by atoms with E-state index in [1.165, 1.54) is 11.5 Å². The molecule has 3 N–H and O–H groups in total. The number of nitrogens with zero attached hydrogens (tertiary/aromatic N) is 2. The van der Waals surface area contributed by atoms with E-state index in [-0.39, 0.29) is 0 Å². The molecule has 0 aliphatic heterocycles. The van der Waals surface area contributed by atoms with E-state index >= 15 is 0 Å². The molecular formula is C9H18N4OS. The summed E-state index contributed by atoms with van der Waals surface area (Å²) in [5.74, 6) is 0.579. The van der Waals surface area contributed by atoms with Gasteiger partial charge in [0.2, 0.25) is 0 Å². The van der Waals surface area contributed by atoms with E-state index in [1.807, 2.05) is 6.07 Å². The third-order valence-corrected chi connectivity index (χ3v) is 2.76. The van der Waals surface area contributed by atoms with Gasteiger partial charge in [0.15, 0.2) is 0 Å². The number of aromatic nitrogens is 1. The molecule has 1 heterocycles. The Labute approximate surface area is 94.4 Å². The van der Waals surface area contributed by atoms with Gasteiger partial charge in [-0.1, -0.05) is 0 Å². The molecule has 0 aromatic carbocycles. The molecule has 0 fully saturated rings. The number of nitrogen functional groups attached to an aromatic ring is 1. The quantitative estimate of drug-likeness (QED) is 0.722. The maximum absolute atomic E-state index is 5.51. The fourth-order valence-electron chi connectivity index (χ4n) is 1.10. The van der Waals surface area contributed by atoms with Gasteiger partial charge in [-0.05, 0) is 18.6 Å². The number of anilines is 2. The summed E-state index contributed by atoms with van der Waals surface area (Å²) in [5.41, 5.74) is 5.51. The predicted octanol–water partition coefficient (Wildman–Crippen LogP) is 0.715. The Morgan fingerprint density at radius 3 is 3.00 bits per heavy atom. The first-order valence-corrected chi connectivity index (χ1v) is 5.63. The lowest BCUT2D eigenvalue weighted by molar-refractivity contribution is 0.163. The number of rotatable bonds is 7. The van der Waals surface area contributed by atoms with Crippen molar-refractivity contribution in [2.75, 3.05) is 51.4 Å². The number of methoxy groups -OCH3 is 1. The first-order valence-electron chi connectivity index (χ1n) is 4.86. The van der Waals surface area contributed by atoms with Crippen LogP contribution in [-0.2, 0) is 4.74 Å².